The van der Waals surface area contributed by atoms with Gasteiger partial charge in [-0.2, -0.15) is 5.06 Å². The minimum absolute atomic E-state index is 0.436. The summed E-state index contributed by atoms with van der Waals surface area (Å²) in [5, 5.41) is 2.18. The third-order valence-corrected chi connectivity index (χ3v) is 5.26. The molecule has 2 nitrogen and oxygen atoms in total. The van der Waals surface area contributed by atoms with E-state index in [2.05, 4.69) is 35.9 Å². The molecule has 0 saturated heterocycles. The number of fused-ring (bicyclic) bond motifs is 1. The minimum Gasteiger partial charge on any atom is -0.302 e. The molecule has 0 amide bonds. The van der Waals surface area contributed by atoms with E-state index in [0.29, 0.717) is 6.04 Å². The lowest BCUT2D eigenvalue weighted by Crippen LogP contribution is -2.34. The van der Waals surface area contributed by atoms with Crippen LogP contribution < -0.4 is 0 Å². The van der Waals surface area contributed by atoms with Crippen molar-refractivity contribution in [2.45, 2.75) is 83.2 Å². The lowest BCUT2D eigenvalue weighted by molar-refractivity contribution is -0.170. The van der Waals surface area contributed by atoms with Gasteiger partial charge in [0.2, 0.25) is 0 Å². The number of hydrogen-bond acceptors (Lipinski definition) is 2. The summed E-state index contributed by atoms with van der Waals surface area (Å²) in [5.74, 6) is 0. The van der Waals surface area contributed by atoms with Gasteiger partial charge < -0.3 is 4.84 Å². The molecule has 0 bridgehead atoms. The summed E-state index contributed by atoms with van der Waals surface area (Å²) in [6.07, 6.45) is 16.3. The molecule has 0 aromatic heterocycles. The van der Waals surface area contributed by atoms with Gasteiger partial charge in [-0.15, -0.1) is 6.58 Å². The normalized spacial score (nSPS) is 22.1. The van der Waals surface area contributed by atoms with E-state index in [1.54, 1.807) is 0 Å². The van der Waals surface area contributed by atoms with Crippen LogP contribution in [0.5, 0.6) is 0 Å². The van der Waals surface area contributed by atoms with Gasteiger partial charge in [-0.05, 0) is 36.8 Å². The molecule has 1 aliphatic rings. The molecular formula is C22H35NO. The van der Waals surface area contributed by atoms with Crippen molar-refractivity contribution >= 4 is 0 Å². The third-order valence-electron chi connectivity index (χ3n) is 5.26. The van der Waals surface area contributed by atoms with Crippen molar-refractivity contribution in [1.82, 2.24) is 5.06 Å². The average molecular weight is 330 g/mol. The van der Waals surface area contributed by atoms with Gasteiger partial charge in [0.15, 0.2) is 0 Å². The van der Waals surface area contributed by atoms with E-state index in [1.807, 2.05) is 13.2 Å². The molecule has 0 saturated carbocycles. The van der Waals surface area contributed by atoms with Crippen LogP contribution in [0.15, 0.2) is 36.9 Å². The maximum absolute atomic E-state index is 5.78. The molecule has 1 unspecified atom stereocenters. The zero-order valence-electron chi connectivity index (χ0n) is 15.5. The third kappa shape index (κ3) is 6.41. The maximum atomic E-state index is 5.78. The number of hydrogen-bond donors (Lipinski definition) is 0. The second kappa shape index (κ2) is 11.4. The SMILES string of the molecule is C=CCC1CCCCCCCCCCc2ccccc2CN1OC. The first-order valence-corrected chi connectivity index (χ1v) is 9.83. The number of nitrogens with zero attached hydrogens (tertiary/aromatic N) is 1. The predicted molar refractivity (Wildman–Crippen MR) is 103 cm³/mol. The monoisotopic (exact) mass is 329 g/mol. The Balaban J connectivity index is 2.12. The first kappa shape index (κ1) is 19.2. The first-order valence-electron chi connectivity index (χ1n) is 9.83. The van der Waals surface area contributed by atoms with E-state index in [4.69, 9.17) is 4.84 Å². The quantitative estimate of drug-likeness (QED) is 0.625. The highest BCUT2D eigenvalue weighted by Crippen LogP contribution is 2.22. The molecule has 2 heteroatoms. The fourth-order valence-corrected chi connectivity index (χ4v) is 3.79. The van der Waals surface area contributed by atoms with E-state index in [9.17, 15) is 0 Å². The molecule has 0 N–H and O–H groups in total. The minimum atomic E-state index is 0.436. The molecule has 134 valence electrons. The zero-order valence-corrected chi connectivity index (χ0v) is 15.5. The Morgan fingerprint density at radius 2 is 1.62 bits per heavy atom. The summed E-state index contributed by atoms with van der Waals surface area (Å²) in [6, 6.07) is 9.33. The molecule has 1 aromatic rings. The van der Waals surface area contributed by atoms with E-state index >= 15 is 0 Å². The predicted octanol–water partition coefficient (Wildman–Crippen LogP) is 6.06. The standard InChI is InChI=1S/C22H35NO/c1-3-14-22-18-11-9-7-5-4-6-8-10-15-20-16-12-13-17-21(20)19-23(22)24-2/h3,12-13,16-17,22H,1,4-11,14-15,18-19H2,2H3. The second-order valence-electron chi connectivity index (χ2n) is 7.07. The van der Waals surface area contributed by atoms with Gasteiger partial charge in [0.05, 0.1) is 7.11 Å². The van der Waals surface area contributed by atoms with Crippen LogP contribution >= 0.6 is 0 Å². The molecule has 0 aliphatic carbocycles. The first-order chi connectivity index (χ1) is 11.8. The van der Waals surface area contributed by atoms with Crippen molar-refractivity contribution in [2.24, 2.45) is 0 Å². The maximum Gasteiger partial charge on any atom is 0.0575 e. The van der Waals surface area contributed by atoms with Crippen molar-refractivity contribution in [3.63, 3.8) is 0 Å². The van der Waals surface area contributed by atoms with Gasteiger partial charge >= 0.3 is 0 Å². The molecule has 1 atom stereocenters. The van der Waals surface area contributed by atoms with Gasteiger partial charge in [-0.25, -0.2) is 0 Å². The lowest BCUT2D eigenvalue weighted by Gasteiger charge is -2.29. The lowest BCUT2D eigenvalue weighted by atomic mass is 10.00. The summed E-state index contributed by atoms with van der Waals surface area (Å²) in [5.41, 5.74) is 2.91. The number of rotatable bonds is 3. The van der Waals surface area contributed by atoms with Crippen molar-refractivity contribution in [1.29, 1.82) is 0 Å². The van der Waals surface area contributed by atoms with Gasteiger partial charge in [0.1, 0.15) is 0 Å². The van der Waals surface area contributed by atoms with Crippen LogP contribution in [-0.4, -0.2) is 18.2 Å². The van der Waals surface area contributed by atoms with Crippen LogP contribution in [0.25, 0.3) is 0 Å². The van der Waals surface area contributed by atoms with E-state index in [0.717, 1.165) is 13.0 Å². The van der Waals surface area contributed by atoms with Crippen LogP contribution in [-0.2, 0) is 17.8 Å². The molecule has 1 aliphatic heterocycles. The van der Waals surface area contributed by atoms with Crippen molar-refractivity contribution in [2.75, 3.05) is 7.11 Å². The molecular weight excluding hydrogens is 294 g/mol. The summed E-state index contributed by atoms with van der Waals surface area (Å²) >= 11 is 0. The topological polar surface area (TPSA) is 12.5 Å². The van der Waals surface area contributed by atoms with Crippen LogP contribution in [0.2, 0.25) is 0 Å². The Kier molecular flexibility index (Phi) is 9.15. The molecule has 1 heterocycles. The van der Waals surface area contributed by atoms with Crippen LogP contribution in [0, 0.1) is 0 Å². The zero-order chi connectivity index (χ0) is 17.0. The summed E-state index contributed by atoms with van der Waals surface area (Å²) in [4.78, 5) is 5.78. The van der Waals surface area contributed by atoms with Crippen LogP contribution in [0.3, 0.4) is 0 Å². The van der Waals surface area contributed by atoms with Crippen molar-refractivity contribution < 1.29 is 4.84 Å². The Hall–Kier alpha value is -1.12. The van der Waals surface area contributed by atoms with E-state index in [1.165, 1.54) is 75.3 Å². The Morgan fingerprint density at radius 1 is 1.00 bits per heavy atom. The molecule has 0 radical (unpaired) electrons. The largest absolute Gasteiger partial charge is 0.302 e. The summed E-state index contributed by atoms with van der Waals surface area (Å²) in [6.45, 7) is 4.84. The molecule has 0 spiro atoms. The molecule has 1 aromatic carbocycles. The summed E-state index contributed by atoms with van der Waals surface area (Å²) < 4.78 is 0. The smallest absolute Gasteiger partial charge is 0.0575 e. The fourth-order valence-electron chi connectivity index (χ4n) is 3.79. The van der Waals surface area contributed by atoms with Gasteiger partial charge in [0.25, 0.3) is 0 Å². The highest BCUT2D eigenvalue weighted by Gasteiger charge is 2.18. The van der Waals surface area contributed by atoms with Gasteiger partial charge in [-0.3, -0.25) is 0 Å². The number of aryl methyl sites for hydroxylation is 1. The number of benzene rings is 1. The molecule has 2 rings (SSSR count). The fraction of sp³-hybridized carbons (Fsp3) is 0.636. The summed E-state index contributed by atoms with van der Waals surface area (Å²) in [7, 11) is 1.81. The van der Waals surface area contributed by atoms with Crippen molar-refractivity contribution in [3.05, 3.63) is 48.0 Å². The average Bonchev–Trinajstić information content (AvgIpc) is 2.61. The van der Waals surface area contributed by atoms with Crippen LogP contribution in [0.1, 0.15) is 75.3 Å². The van der Waals surface area contributed by atoms with E-state index < -0.39 is 0 Å². The van der Waals surface area contributed by atoms with Gasteiger partial charge in [-0.1, -0.05) is 75.3 Å². The van der Waals surface area contributed by atoms with Crippen molar-refractivity contribution in [3.8, 4) is 0 Å². The Morgan fingerprint density at radius 3 is 2.29 bits per heavy atom. The molecule has 24 heavy (non-hydrogen) atoms. The number of hydroxylamine groups is 2. The second-order valence-corrected chi connectivity index (χ2v) is 7.07. The Bertz CT molecular complexity index is 471. The highest BCUT2D eigenvalue weighted by atomic mass is 16.7. The molecule has 0 fully saturated rings. The van der Waals surface area contributed by atoms with Crippen LogP contribution in [0.4, 0.5) is 0 Å². The van der Waals surface area contributed by atoms with E-state index in [-0.39, 0.29) is 0 Å². The Labute approximate surface area is 148 Å². The highest BCUT2D eigenvalue weighted by molar-refractivity contribution is 5.27. The van der Waals surface area contributed by atoms with Gasteiger partial charge in [0, 0.05) is 12.6 Å².